The van der Waals surface area contributed by atoms with Crippen LogP contribution in [0, 0.1) is 0 Å². The van der Waals surface area contributed by atoms with Gasteiger partial charge >= 0.3 is 0 Å². The number of methoxy groups -OCH3 is 2. The number of benzene rings is 3. The average molecular weight is 619 g/mol. The van der Waals surface area contributed by atoms with Crippen LogP contribution < -0.4 is 19.8 Å². The monoisotopic (exact) mass is 617 g/mol. The third-order valence-electron chi connectivity index (χ3n) is 5.67. The van der Waals surface area contributed by atoms with E-state index in [2.05, 4.69) is 21.0 Å². The lowest BCUT2D eigenvalue weighted by Gasteiger charge is -2.21. The maximum absolute atomic E-state index is 13.4. The second-order valence-corrected chi connectivity index (χ2v) is 11.2. The molecule has 0 aliphatic carbocycles. The van der Waals surface area contributed by atoms with Gasteiger partial charge in [0.2, 0.25) is 5.75 Å². The van der Waals surface area contributed by atoms with Crippen LogP contribution in [0.1, 0.15) is 37.7 Å². The highest BCUT2D eigenvalue weighted by atomic mass is 79.9. The van der Waals surface area contributed by atoms with Gasteiger partial charge < -0.3 is 14.2 Å². The number of rotatable bonds is 7. The summed E-state index contributed by atoms with van der Waals surface area (Å²) in [6.45, 7) is 6.13. The summed E-state index contributed by atoms with van der Waals surface area (Å²) in [5.74, 6) is 1.80. The molecule has 3 aromatic carbocycles. The standard InChI is InChI=1S/C28H26BrCl2N3O4/c1-28(2,3)27-33-22-9-7-18(29)12-20(22)26(35)34(27)32-14-16-10-23(36-4)25(24(11-16)37-5)38-15-17-6-8-19(30)13-21(17)31/h6-14H,15H2,1-5H3. The molecule has 0 saturated carbocycles. The zero-order valence-electron chi connectivity index (χ0n) is 21.5. The Kier molecular flexibility index (Phi) is 8.35. The van der Waals surface area contributed by atoms with Gasteiger partial charge in [-0.25, -0.2) is 4.98 Å². The molecule has 0 bridgehead atoms. The second kappa shape index (κ2) is 11.4. The quantitative estimate of drug-likeness (QED) is 0.204. The van der Waals surface area contributed by atoms with Crippen molar-refractivity contribution in [2.24, 2.45) is 5.10 Å². The van der Waals surface area contributed by atoms with E-state index in [9.17, 15) is 4.79 Å². The Labute approximate surface area is 239 Å². The van der Waals surface area contributed by atoms with Crippen LogP contribution in [0.5, 0.6) is 17.2 Å². The van der Waals surface area contributed by atoms with Crippen molar-refractivity contribution in [2.75, 3.05) is 14.2 Å². The summed E-state index contributed by atoms with van der Waals surface area (Å²) < 4.78 is 19.3. The first-order valence-corrected chi connectivity index (χ1v) is 13.2. The molecule has 1 aromatic heterocycles. The number of hydrogen-bond donors (Lipinski definition) is 0. The number of aromatic nitrogens is 2. The first-order chi connectivity index (χ1) is 18.0. The molecule has 0 amide bonds. The van der Waals surface area contributed by atoms with Crippen LogP contribution in [-0.2, 0) is 12.0 Å². The fraction of sp³-hybridized carbons (Fsp3) is 0.250. The first kappa shape index (κ1) is 28.0. The summed E-state index contributed by atoms with van der Waals surface area (Å²) in [6, 6.07) is 14.1. The predicted octanol–water partition coefficient (Wildman–Crippen LogP) is 7.24. The average Bonchev–Trinajstić information content (AvgIpc) is 2.87. The van der Waals surface area contributed by atoms with E-state index in [0.29, 0.717) is 49.6 Å². The number of nitrogens with zero attached hydrogens (tertiary/aromatic N) is 3. The molecule has 38 heavy (non-hydrogen) atoms. The second-order valence-electron chi connectivity index (χ2n) is 9.49. The lowest BCUT2D eigenvalue weighted by Crippen LogP contribution is -2.29. The van der Waals surface area contributed by atoms with E-state index in [-0.39, 0.29) is 12.2 Å². The van der Waals surface area contributed by atoms with Gasteiger partial charge in [0.25, 0.3) is 5.56 Å². The molecular weight excluding hydrogens is 593 g/mol. The minimum Gasteiger partial charge on any atom is -0.493 e. The fourth-order valence-electron chi connectivity index (χ4n) is 3.77. The molecule has 0 N–H and O–H groups in total. The van der Waals surface area contributed by atoms with Gasteiger partial charge in [0.15, 0.2) is 11.5 Å². The van der Waals surface area contributed by atoms with Crippen molar-refractivity contribution in [1.82, 2.24) is 9.66 Å². The summed E-state index contributed by atoms with van der Waals surface area (Å²) in [5, 5.41) is 6.04. The van der Waals surface area contributed by atoms with Gasteiger partial charge in [-0.15, -0.1) is 0 Å². The van der Waals surface area contributed by atoms with Gasteiger partial charge in [-0.2, -0.15) is 9.78 Å². The maximum Gasteiger partial charge on any atom is 0.282 e. The Bertz CT molecular complexity index is 1570. The van der Waals surface area contributed by atoms with Crippen LogP contribution in [0.4, 0.5) is 0 Å². The molecular formula is C28H26BrCl2N3O4. The smallest absolute Gasteiger partial charge is 0.282 e. The summed E-state index contributed by atoms with van der Waals surface area (Å²) in [4.78, 5) is 18.2. The molecule has 0 spiro atoms. The van der Waals surface area contributed by atoms with Gasteiger partial charge in [0.05, 0.1) is 31.3 Å². The van der Waals surface area contributed by atoms with Crippen molar-refractivity contribution in [3.63, 3.8) is 0 Å². The van der Waals surface area contributed by atoms with E-state index < -0.39 is 5.41 Å². The van der Waals surface area contributed by atoms with E-state index in [1.807, 2.05) is 32.9 Å². The minimum absolute atomic E-state index is 0.179. The number of ether oxygens (including phenoxy) is 3. The largest absolute Gasteiger partial charge is 0.493 e. The normalized spacial score (nSPS) is 11.8. The van der Waals surface area contributed by atoms with Crippen LogP contribution in [0.2, 0.25) is 10.0 Å². The summed E-state index contributed by atoms with van der Waals surface area (Å²) in [6.07, 6.45) is 1.56. The molecule has 0 aliphatic rings. The molecule has 0 unspecified atom stereocenters. The van der Waals surface area contributed by atoms with Crippen molar-refractivity contribution in [3.05, 3.63) is 90.4 Å². The molecule has 4 rings (SSSR count). The topological polar surface area (TPSA) is 74.9 Å². The zero-order valence-corrected chi connectivity index (χ0v) is 24.6. The predicted molar refractivity (Wildman–Crippen MR) is 156 cm³/mol. The highest BCUT2D eigenvalue weighted by Gasteiger charge is 2.23. The Morgan fingerprint density at radius 3 is 2.32 bits per heavy atom. The van der Waals surface area contributed by atoms with Crippen LogP contribution in [0.25, 0.3) is 10.9 Å². The van der Waals surface area contributed by atoms with Gasteiger partial charge in [-0.05, 0) is 42.5 Å². The summed E-state index contributed by atoms with van der Waals surface area (Å²) >= 11 is 15.7. The Hall–Kier alpha value is -3.07. The van der Waals surface area contributed by atoms with E-state index in [1.54, 1.807) is 42.6 Å². The van der Waals surface area contributed by atoms with E-state index in [1.165, 1.54) is 18.9 Å². The van der Waals surface area contributed by atoms with Crippen molar-refractivity contribution in [3.8, 4) is 17.2 Å². The van der Waals surface area contributed by atoms with Gasteiger partial charge in [0, 0.05) is 31.1 Å². The van der Waals surface area contributed by atoms with Crippen LogP contribution in [0.3, 0.4) is 0 Å². The summed E-state index contributed by atoms with van der Waals surface area (Å²) in [5.41, 5.74) is 1.30. The Morgan fingerprint density at radius 2 is 1.71 bits per heavy atom. The third-order valence-corrected chi connectivity index (χ3v) is 6.75. The fourth-order valence-corrected chi connectivity index (χ4v) is 4.60. The van der Waals surface area contributed by atoms with Crippen molar-refractivity contribution in [2.45, 2.75) is 32.8 Å². The van der Waals surface area contributed by atoms with Crippen LogP contribution >= 0.6 is 39.1 Å². The molecule has 198 valence electrons. The minimum atomic E-state index is -0.437. The zero-order chi connectivity index (χ0) is 27.6. The highest BCUT2D eigenvalue weighted by molar-refractivity contribution is 9.10. The molecule has 4 aromatic rings. The Balaban J connectivity index is 1.74. The SMILES string of the molecule is COc1cc(C=Nn2c(C(C)(C)C)nc3ccc(Br)cc3c2=O)cc(OC)c1OCc1ccc(Cl)cc1Cl. The van der Waals surface area contributed by atoms with Crippen molar-refractivity contribution >= 4 is 56.2 Å². The molecule has 0 aliphatic heterocycles. The van der Waals surface area contributed by atoms with Gasteiger partial charge in [-0.1, -0.05) is 66.0 Å². The lowest BCUT2D eigenvalue weighted by atomic mass is 9.95. The van der Waals surface area contributed by atoms with Crippen molar-refractivity contribution in [1.29, 1.82) is 0 Å². The lowest BCUT2D eigenvalue weighted by molar-refractivity contribution is 0.266. The number of hydrogen-bond acceptors (Lipinski definition) is 6. The third kappa shape index (κ3) is 5.98. The van der Waals surface area contributed by atoms with Crippen LogP contribution in [0.15, 0.2) is 62.9 Å². The molecule has 0 saturated heterocycles. The number of halogens is 3. The van der Waals surface area contributed by atoms with Crippen molar-refractivity contribution < 1.29 is 14.2 Å². The molecule has 1 heterocycles. The molecule has 10 heteroatoms. The molecule has 7 nitrogen and oxygen atoms in total. The van der Waals surface area contributed by atoms with E-state index in [0.717, 1.165) is 10.0 Å². The highest BCUT2D eigenvalue weighted by Crippen LogP contribution is 2.39. The van der Waals surface area contributed by atoms with Crippen LogP contribution in [-0.4, -0.2) is 30.1 Å². The van der Waals surface area contributed by atoms with Gasteiger partial charge in [-0.3, -0.25) is 4.79 Å². The molecule has 0 atom stereocenters. The maximum atomic E-state index is 13.4. The van der Waals surface area contributed by atoms with E-state index in [4.69, 9.17) is 42.4 Å². The molecule has 0 fully saturated rings. The summed E-state index contributed by atoms with van der Waals surface area (Å²) in [7, 11) is 3.07. The first-order valence-electron chi connectivity index (χ1n) is 11.6. The molecule has 0 radical (unpaired) electrons. The Morgan fingerprint density at radius 1 is 1.03 bits per heavy atom. The van der Waals surface area contributed by atoms with Gasteiger partial charge in [0.1, 0.15) is 12.4 Å². The van der Waals surface area contributed by atoms with E-state index >= 15 is 0 Å². The number of fused-ring (bicyclic) bond motifs is 1.